The van der Waals surface area contributed by atoms with Crippen LogP contribution in [-0.4, -0.2) is 44.2 Å². The Morgan fingerprint density at radius 2 is 2.07 bits per heavy atom. The van der Waals surface area contributed by atoms with Crippen molar-refractivity contribution in [2.45, 2.75) is 0 Å². The Kier molecular flexibility index (Phi) is 5.53. The maximum absolute atomic E-state index is 12.6. The highest BCUT2D eigenvalue weighted by molar-refractivity contribution is 7.14. The molecule has 0 saturated carbocycles. The van der Waals surface area contributed by atoms with E-state index in [0.717, 1.165) is 5.56 Å². The van der Waals surface area contributed by atoms with Crippen molar-refractivity contribution in [1.29, 1.82) is 0 Å². The molecule has 9 heteroatoms. The average molecular weight is 425 g/mol. The number of benzene rings is 2. The summed E-state index contributed by atoms with van der Waals surface area (Å²) in [7, 11) is 3.17. The fourth-order valence-corrected chi connectivity index (χ4v) is 3.83. The summed E-state index contributed by atoms with van der Waals surface area (Å²) in [4.78, 5) is 30.7. The first-order chi connectivity index (χ1) is 14.6. The van der Waals surface area contributed by atoms with E-state index in [2.05, 4.69) is 10.3 Å². The van der Waals surface area contributed by atoms with E-state index >= 15 is 0 Å². The first-order valence-electron chi connectivity index (χ1n) is 9.09. The lowest BCUT2D eigenvalue weighted by molar-refractivity contribution is -0.123. The van der Waals surface area contributed by atoms with Gasteiger partial charge in [-0.15, -0.1) is 11.3 Å². The number of rotatable bonds is 6. The Labute approximate surface area is 177 Å². The maximum Gasteiger partial charge on any atom is 0.265 e. The molecule has 0 aliphatic carbocycles. The second-order valence-corrected chi connectivity index (χ2v) is 7.25. The molecule has 2 aromatic carbocycles. The number of carbonyl (C=O) groups is 2. The molecule has 2 heterocycles. The van der Waals surface area contributed by atoms with E-state index < -0.39 is 0 Å². The molecule has 0 spiro atoms. The van der Waals surface area contributed by atoms with Crippen molar-refractivity contribution in [2.24, 2.45) is 0 Å². The van der Waals surface area contributed by atoms with Gasteiger partial charge in [-0.05, 0) is 30.3 Å². The summed E-state index contributed by atoms with van der Waals surface area (Å²) in [6.45, 7) is -0.224. The quantitative estimate of drug-likeness (QED) is 0.652. The number of thiazole rings is 1. The molecule has 1 N–H and O–H groups in total. The zero-order valence-corrected chi connectivity index (χ0v) is 17.2. The van der Waals surface area contributed by atoms with Crippen LogP contribution in [0.15, 0.2) is 47.8 Å². The van der Waals surface area contributed by atoms with Gasteiger partial charge in [0.15, 0.2) is 11.7 Å². The van der Waals surface area contributed by atoms with Crippen molar-refractivity contribution in [3.63, 3.8) is 0 Å². The van der Waals surface area contributed by atoms with E-state index in [1.54, 1.807) is 44.6 Å². The van der Waals surface area contributed by atoms with Gasteiger partial charge in [0, 0.05) is 10.9 Å². The monoisotopic (exact) mass is 425 g/mol. The van der Waals surface area contributed by atoms with Gasteiger partial charge in [-0.3, -0.25) is 14.5 Å². The molecular weight excluding hydrogens is 406 g/mol. The molecule has 1 aliphatic rings. The number of aromatic nitrogens is 1. The first-order valence-corrected chi connectivity index (χ1v) is 9.97. The Morgan fingerprint density at radius 1 is 1.23 bits per heavy atom. The summed E-state index contributed by atoms with van der Waals surface area (Å²) < 4.78 is 16.1. The number of hydrogen-bond donors (Lipinski definition) is 1. The minimum absolute atomic E-state index is 0.0959. The van der Waals surface area contributed by atoms with Gasteiger partial charge in [-0.2, -0.15) is 0 Å². The van der Waals surface area contributed by atoms with Crippen LogP contribution in [0.2, 0.25) is 0 Å². The molecule has 1 aromatic heterocycles. The molecule has 0 fully saturated rings. The second kappa shape index (κ2) is 8.42. The molecule has 8 nitrogen and oxygen atoms in total. The molecule has 30 heavy (non-hydrogen) atoms. The highest BCUT2D eigenvalue weighted by Gasteiger charge is 2.27. The van der Waals surface area contributed by atoms with E-state index in [0.29, 0.717) is 33.8 Å². The van der Waals surface area contributed by atoms with Crippen molar-refractivity contribution in [3.05, 3.63) is 47.8 Å². The van der Waals surface area contributed by atoms with Gasteiger partial charge in [-0.1, -0.05) is 12.1 Å². The van der Waals surface area contributed by atoms with Crippen LogP contribution in [0.1, 0.15) is 0 Å². The van der Waals surface area contributed by atoms with Crippen LogP contribution >= 0.6 is 11.3 Å². The minimum atomic E-state index is -0.349. The highest BCUT2D eigenvalue weighted by Crippen LogP contribution is 2.35. The molecule has 154 valence electrons. The van der Waals surface area contributed by atoms with Crippen LogP contribution in [0.4, 0.5) is 10.8 Å². The van der Waals surface area contributed by atoms with Crippen molar-refractivity contribution >= 4 is 34.0 Å². The van der Waals surface area contributed by atoms with Gasteiger partial charge >= 0.3 is 0 Å². The van der Waals surface area contributed by atoms with Crippen molar-refractivity contribution in [2.75, 3.05) is 37.6 Å². The minimum Gasteiger partial charge on any atom is -0.497 e. The van der Waals surface area contributed by atoms with Gasteiger partial charge < -0.3 is 19.5 Å². The molecule has 0 bridgehead atoms. The van der Waals surface area contributed by atoms with Gasteiger partial charge in [-0.25, -0.2) is 4.98 Å². The summed E-state index contributed by atoms with van der Waals surface area (Å²) in [6, 6.07) is 12.5. The third-order valence-corrected chi connectivity index (χ3v) is 5.30. The Morgan fingerprint density at radius 3 is 2.87 bits per heavy atom. The lowest BCUT2D eigenvalue weighted by Gasteiger charge is -2.28. The van der Waals surface area contributed by atoms with E-state index in [4.69, 9.17) is 14.2 Å². The Balaban J connectivity index is 1.50. The number of nitrogens with one attached hydrogen (secondary N) is 1. The lowest BCUT2D eigenvalue weighted by Crippen LogP contribution is -2.43. The second-order valence-electron chi connectivity index (χ2n) is 6.39. The summed E-state index contributed by atoms with van der Waals surface area (Å²) in [5.41, 5.74) is 1.98. The van der Waals surface area contributed by atoms with Gasteiger partial charge in [0.1, 0.15) is 23.8 Å². The van der Waals surface area contributed by atoms with Crippen LogP contribution in [0.3, 0.4) is 0 Å². The van der Waals surface area contributed by atoms with Crippen LogP contribution in [0.25, 0.3) is 11.3 Å². The first kappa shape index (κ1) is 19.7. The zero-order valence-electron chi connectivity index (χ0n) is 16.4. The summed E-state index contributed by atoms with van der Waals surface area (Å²) >= 11 is 1.29. The van der Waals surface area contributed by atoms with Crippen molar-refractivity contribution in [1.82, 2.24) is 4.98 Å². The molecule has 4 rings (SSSR count). The molecule has 0 saturated heterocycles. The Hall–Kier alpha value is -3.59. The zero-order chi connectivity index (χ0) is 21.1. The normalized spacial score (nSPS) is 12.7. The number of methoxy groups -OCH3 is 2. The molecule has 3 aromatic rings. The molecule has 1 aliphatic heterocycles. The number of fused-ring (bicyclic) bond motifs is 1. The third kappa shape index (κ3) is 3.92. The van der Waals surface area contributed by atoms with Gasteiger partial charge in [0.25, 0.3) is 5.91 Å². The summed E-state index contributed by atoms with van der Waals surface area (Å²) in [5, 5.41) is 5.00. The van der Waals surface area contributed by atoms with Crippen molar-refractivity contribution < 1.29 is 23.8 Å². The average Bonchev–Trinajstić information content (AvgIpc) is 3.23. The van der Waals surface area contributed by atoms with Gasteiger partial charge in [0.2, 0.25) is 5.91 Å². The van der Waals surface area contributed by atoms with Crippen molar-refractivity contribution in [3.8, 4) is 28.5 Å². The third-order valence-electron chi connectivity index (χ3n) is 4.54. The van der Waals surface area contributed by atoms with Crippen LogP contribution in [0.5, 0.6) is 17.2 Å². The fourth-order valence-electron chi connectivity index (χ4n) is 3.10. The number of carbonyl (C=O) groups excluding carboxylic acids is 2. The molecule has 0 atom stereocenters. The molecule has 2 amide bonds. The standard InChI is InChI=1S/C21H19N3O5S/c1-27-13-7-8-17(28-2)14(9-13)15-12-30-21(22-15)23-19(25)10-24-16-5-3-4-6-18(16)29-11-20(24)26/h3-9,12H,10-11H2,1-2H3,(H,22,23,25). The van der Waals surface area contributed by atoms with E-state index in [9.17, 15) is 9.59 Å². The van der Waals surface area contributed by atoms with Crippen LogP contribution in [-0.2, 0) is 9.59 Å². The molecule has 0 unspecified atom stereocenters. The smallest absolute Gasteiger partial charge is 0.265 e. The van der Waals surface area contributed by atoms with Crippen LogP contribution in [0, 0.1) is 0 Å². The summed E-state index contributed by atoms with van der Waals surface area (Å²) in [6.07, 6.45) is 0. The fraction of sp³-hybridized carbons (Fsp3) is 0.190. The highest BCUT2D eigenvalue weighted by atomic mass is 32.1. The van der Waals surface area contributed by atoms with Crippen LogP contribution < -0.4 is 24.4 Å². The SMILES string of the molecule is COc1ccc(OC)c(-c2csc(NC(=O)CN3C(=O)COc4ccccc43)n2)c1. The number of ether oxygens (including phenoxy) is 3. The maximum atomic E-state index is 12.6. The number of para-hydroxylation sites is 2. The lowest BCUT2D eigenvalue weighted by atomic mass is 10.1. The molecular formula is C21H19N3O5S. The van der Waals surface area contributed by atoms with Gasteiger partial charge in [0.05, 0.1) is 25.6 Å². The number of nitrogens with zero attached hydrogens (tertiary/aromatic N) is 2. The van der Waals surface area contributed by atoms with E-state index in [1.165, 1.54) is 16.2 Å². The topological polar surface area (TPSA) is 90.0 Å². The number of amides is 2. The predicted molar refractivity (Wildman–Crippen MR) is 114 cm³/mol. The number of anilines is 2. The Bertz CT molecular complexity index is 1100. The summed E-state index contributed by atoms with van der Waals surface area (Å²) in [5.74, 6) is 1.28. The largest absolute Gasteiger partial charge is 0.497 e. The van der Waals surface area contributed by atoms with E-state index in [-0.39, 0.29) is 25.0 Å². The molecule has 0 radical (unpaired) electrons. The predicted octanol–water partition coefficient (Wildman–Crippen LogP) is 3.19. The number of hydrogen-bond acceptors (Lipinski definition) is 7. The van der Waals surface area contributed by atoms with E-state index in [1.807, 2.05) is 17.5 Å².